The summed E-state index contributed by atoms with van der Waals surface area (Å²) in [4.78, 5) is 0. The van der Waals surface area contributed by atoms with Crippen molar-refractivity contribution in [2.45, 2.75) is 162 Å². The van der Waals surface area contributed by atoms with E-state index in [1.54, 1.807) is 0 Å². The molecule has 0 spiro atoms. The highest BCUT2D eigenvalue weighted by Gasteiger charge is 1.95. The molecular formula is C96H144O6. The van der Waals surface area contributed by atoms with Gasteiger partial charge < -0.3 is 30.6 Å². The zero-order valence-corrected chi connectivity index (χ0v) is 67.9. The van der Waals surface area contributed by atoms with Crippen molar-refractivity contribution < 1.29 is 30.6 Å². The van der Waals surface area contributed by atoms with Crippen molar-refractivity contribution in [1.82, 2.24) is 0 Å². The van der Waals surface area contributed by atoms with Crippen LogP contribution < -0.4 is 0 Å². The Kier molecular flexibility index (Phi) is 110. The van der Waals surface area contributed by atoms with Gasteiger partial charge in [0, 0.05) is 42.7 Å². The average Bonchev–Trinajstić information content (AvgIpc) is 0.888. The Labute approximate surface area is 626 Å². The van der Waals surface area contributed by atoms with Crippen LogP contribution in [-0.2, 0) is 0 Å². The Morgan fingerprint density at radius 3 is 0.294 bits per heavy atom. The molecular weight excluding hydrogens is 1250 g/mol. The van der Waals surface area contributed by atoms with Crippen molar-refractivity contribution in [3.05, 3.63) is 362 Å². The standard InChI is InChI=1S/3C10H8.3C9H12.3C6H6.3C3H8.3C2H6.6CH4O/c3*1-2-6-10-8-4-3-7-9(10)5-1;3*1-8(2)9-6-4-3-5-7-9;3*1-2-4-6-5-3-1;3*1-3-2;9*1-2/h3*1-8H;3*3-8H,1-2H3;3*1-6H;3*3H2,1-2H3;3*1-2H3;6*2H,1H3. The normalized spacial score (nSPS) is 8.09. The fourth-order valence-corrected chi connectivity index (χ4v) is 7.07. The van der Waals surface area contributed by atoms with Crippen LogP contribution in [-0.4, -0.2) is 73.3 Å². The molecule has 0 saturated heterocycles. The quantitative estimate of drug-likeness (QED) is 0.105. The average molecular weight is 1390 g/mol. The molecule has 102 heavy (non-hydrogen) atoms. The number of rotatable bonds is 3. The van der Waals surface area contributed by atoms with Gasteiger partial charge in [-0.3, -0.25) is 0 Å². The van der Waals surface area contributed by atoms with E-state index in [0.29, 0.717) is 17.8 Å². The van der Waals surface area contributed by atoms with Crippen molar-refractivity contribution >= 4 is 32.3 Å². The van der Waals surface area contributed by atoms with Gasteiger partial charge in [0.15, 0.2) is 0 Å². The van der Waals surface area contributed by atoms with E-state index in [0.717, 1.165) is 42.7 Å². The van der Waals surface area contributed by atoms with E-state index < -0.39 is 0 Å². The first kappa shape index (κ1) is 112. The summed E-state index contributed by atoms with van der Waals surface area (Å²) in [5, 5.41) is 49.9. The molecule has 0 unspecified atom stereocenters. The number of aliphatic hydroxyl groups excluding tert-OH is 6. The molecule has 0 radical (unpaired) electrons. The van der Waals surface area contributed by atoms with E-state index in [1.165, 1.54) is 68.3 Å². The number of aliphatic hydroxyl groups is 6. The molecule has 0 aliphatic heterocycles. The van der Waals surface area contributed by atoms with Gasteiger partial charge in [0.05, 0.1) is 0 Å². The van der Waals surface area contributed by atoms with Crippen LogP contribution in [0.2, 0.25) is 0 Å². The van der Waals surface area contributed by atoms with Crippen LogP contribution in [0.1, 0.15) is 178 Å². The van der Waals surface area contributed by atoms with Crippen LogP contribution in [0, 0.1) is 0 Å². The maximum atomic E-state index is 7.00. The van der Waals surface area contributed by atoms with Gasteiger partial charge >= 0.3 is 0 Å². The van der Waals surface area contributed by atoms with Gasteiger partial charge in [-0.05, 0) is 66.8 Å². The summed E-state index contributed by atoms with van der Waals surface area (Å²) in [5.74, 6) is 1.98. The molecule has 6 N–H and O–H groups in total. The molecule has 564 valence electrons. The maximum absolute atomic E-state index is 7.00. The molecule has 12 aromatic carbocycles. The minimum absolute atomic E-state index is 0.659. The lowest BCUT2D eigenvalue weighted by Crippen LogP contribution is -1.83. The monoisotopic (exact) mass is 1390 g/mol. The Hall–Kier alpha value is -8.82. The lowest BCUT2D eigenvalue weighted by atomic mass is 10.0. The number of hydrogen-bond acceptors (Lipinski definition) is 6. The van der Waals surface area contributed by atoms with Gasteiger partial charge in [-0.15, -0.1) is 0 Å². The first-order valence-corrected chi connectivity index (χ1v) is 36.2. The molecule has 0 bridgehead atoms. The molecule has 0 heterocycles. The Balaban J connectivity index is -0.000000131. The molecule has 12 rings (SSSR count). The van der Waals surface area contributed by atoms with Crippen LogP contribution in [0.5, 0.6) is 0 Å². The van der Waals surface area contributed by atoms with E-state index >= 15 is 0 Å². The fraction of sp³-hybridized carbons (Fsp3) is 0.312. The first-order chi connectivity index (χ1) is 50.1. The van der Waals surface area contributed by atoms with E-state index in [9.17, 15) is 0 Å². The minimum Gasteiger partial charge on any atom is -0.400 e. The minimum atomic E-state index is 0.659. The van der Waals surface area contributed by atoms with E-state index in [-0.39, 0.29) is 0 Å². The predicted octanol–water partition coefficient (Wildman–Crippen LogP) is 27.0. The summed E-state index contributed by atoms with van der Waals surface area (Å²) >= 11 is 0. The Bertz CT molecular complexity index is 2610. The molecule has 0 fully saturated rings. The molecule has 6 nitrogen and oxygen atoms in total. The smallest absolute Gasteiger partial charge is 0.0319 e. The summed E-state index contributed by atoms with van der Waals surface area (Å²) in [7, 11) is 6.00. The summed E-state index contributed by atoms with van der Waals surface area (Å²) in [6.45, 7) is 38.0. The largest absolute Gasteiger partial charge is 0.400 e. The molecule has 0 atom stereocenters. The molecule has 6 heteroatoms. The van der Waals surface area contributed by atoms with Crippen LogP contribution in [0.15, 0.2) is 346 Å². The SMILES string of the molecule is CC.CC.CC.CC(C)c1ccccc1.CC(C)c1ccccc1.CC(C)c1ccccc1.CCC.CCC.CCC.CO.CO.CO.CO.CO.CO.c1ccc2ccccc2c1.c1ccc2ccccc2c1.c1ccc2ccccc2c1.c1ccccc1.c1ccccc1.c1ccccc1. The number of fused-ring (bicyclic) bond motifs is 3. The third-order valence-electron chi connectivity index (χ3n) is 11.4. The van der Waals surface area contributed by atoms with Gasteiger partial charge in [0.2, 0.25) is 0 Å². The highest BCUT2D eigenvalue weighted by atomic mass is 16.2. The van der Waals surface area contributed by atoms with Crippen molar-refractivity contribution in [2.75, 3.05) is 42.7 Å². The van der Waals surface area contributed by atoms with Crippen molar-refractivity contribution in [2.24, 2.45) is 0 Å². The van der Waals surface area contributed by atoms with Gasteiger partial charge in [-0.25, -0.2) is 0 Å². The van der Waals surface area contributed by atoms with Crippen molar-refractivity contribution in [3.63, 3.8) is 0 Å². The zero-order valence-electron chi connectivity index (χ0n) is 67.9. The van der Waals surface area contributed by atoms with Crippen molar-refractivity contribution in [3.8, 4) is 0 Å². The maximum Gasteiger partial charge on any atom is 0.0319 e. The Morgan fingerprint density at radius 2 is 0.225 bits per heavy atom. The number of hydrogen-bond donors (Lipinski definition) is 6. The van der Waals surface area contributed by atoms with E-state index in [1.807, 2.05) is 169 Å². The highest BCUT2D eigenvalue weighted by molar-refractivity contribution is 5.83. The van der Waals surface area contributed by atoms with Crippen molar-refractivity contribution in [1.29, 1.82) is 0 Å². The molecule has 12 aromatic rings. The van der Waals surface area contributed by atoms with Crippen LogP contribution in [0.25, 0.3) is 32.3 Å². The second kappa shape index (κ2) is 101. The summed E-state index contributed by atoms with van der Waals surface area (Å²) < 4.78 is 0. The zero-order chi connectivity index (χ0) is 79.4. The summed E-state index contributed by atoms with van der Waals surface area (Å²) in [6.07, 6.45) is 3.75. The summed E-state index contributed by atoms with van der Waals surface area (Å²) in [6, 6.07) is 118. The lowest BCUT2D eigenvalue weighted by molar-refractivity contribution is 0.399. The van der Waals surface area contributed by atoms with Gasteiger partial charge in [-0.2, -0.15) is 0 Å². The lowest BCUT2D eigenvalue weighted by Gasteiger charge is -2.01. The summed E-state index contributed by atoms with van der Waals surface area (Å²) in [5.41, 5.74) is 4.24. The number of benzene rings is 12. The van der Waals surface area contributed by atoms with E-state index in [4.69, 9.17) is 30.6 Å². The predicted molar refractivity (Wildman–Crippen MR) is 464 cm³/mol. The molecule has 0 saturated carbocycles. The fourth-order valence-electron chi connectivity index (χ4n) is 7.07. The van der Waals surface area contributed by atoms with Gasteiger partial charge in [-0.1, -0.05) is 490 Å². The van der Waals surface area contributed by atoms with Crippen LogP contribution >= 0.6 is 0 Å². The van der Waals surface area contributed by atoms with E-state index in [2.05, 4.69) is 301 Å². The first-order valence-electron chi connectivity index (χ1n) is 36.2. The third-order valence-corrected chi connectivity index (χ3v) is 11.4. The Morgan fingerprint density at radius 1 is 0.157 bits per heavy atom. The molecule has 0 aromatic heterocycles. The van der Waals surface area contributed by atoms with Crippen LogP contribution in [0.4, 0.5) is 0 Å². The second-order valence-corrected chi connectivity index (χ2v) is 20.3. The van der Waals surface area contributed by atoms with Gasteiger partial charge in [0.25, 0.3) is 0 Å². The molecule has 0 aliphatic carbocycles. The highest BCUT2D eigenvalue weighted by Crippen LogP contribution is 2.15. The third kappa shape index (κ3) is 75.4. The molecule has 0 aliphatic rings. The van der Waals surface area contributed by atoms with Crippen LogP contribution in [0.3, 0.4) is 0 Å². The second-order valence-electron chi connectivity index (χ2n) is 20.3. The molecule has 0 amide bonds. The van der Waals surface area contributed by atoms with Gasteiger partial charge in [0.1, 0.15) is 0 Å². The topological polar surface area (TPSA) is 121 Å².